The summed E-state index contributed by atoms with van der Waals surface area (Å²) in [5.74, 6) is 0. The predicted molar refractivity (Wildman–Crippen MR) is 262 cm³/mol. The molecule has 0 amide bonds. The molecule has 12 rings (SSSR count). The van der Waals surface area contributed by atoms with Crippen LogP contribution in [0.15, 0.2) is 243 Å². The molecule has 0 saturated heterocycles. The minimum atomic E-state index is 1.14. The lowest BCUT2D eigenvalue weighted by Gasteiger charge is -2.14. The molecule has 0 fully saturated rings. The van der Waals surface area contributed by atoms with Crippen LogP contribution in [0.1, 0.15) is 0 Å². The van der Waals surface area contributed by atoms with E-state index in [9.17, 15) is 0 Å². The van der Waals surface area contributed by atoms with Crippen molar-refractivity contribution >= 4 is 43.6 Å². The van der Waals surface area contributed by atoms with E-state index in [1.54, 1.807) is 0 Å². The molecule has 0 saturated carbocycles. The Kier molecular flexibility index (Phi) is 8.53. The van der Waals surface area contributed by atoms with Crippen molar-refractivity contribution in [2.75, 3.05) is 0 Å². The molecule has 0 N–H and O–H groups in total. The van der Waals surface area contributed by atoms with Gasteiger partial charge in [-0.05, 0) is 128 Å². The van der Waals surface area contributed by atoms with Crippen LogP contribution < -0.4 is 0 Å². The summed E-state index contributed by atoms with van der Waals surface area (Å²) in [6.07, 6.45) is 0. The number of hydrogen-bond acceptors (Lipinski definition) is 0. The van der Waals surface area contributed by atoms with Crippen LogP contribution in [0.25, 0.3) is 111 Å². The van der Waals surface area contributed by atoms with Crippen LogP contribution in [0.2, 0.25) is 0 Å². The zero-order valence-electron chi connectivity index (χ0n) is 34.0. The van der Waals surface area contributed by atoms with Crippen molar-refractivity contribution in [3.8, 4) is 67.0 Å². The van der Waals surface area contributed by atoms with Gasteiger partial charge in [-0.25, -0.2) is 0 Å². The summed E-state index contributed by atoms with van der Waals surface area (Å²) in [7, 11) is 0. The van der Waals surface area contributed by atoms with E-state index < -0.39 is 0 Å². The fraction of sp³-hybridized carbons (Fsp3) is 0. The molecule has 0 aliphatic carbocycles. The van der Waals surface area contributed by atoms with Crippen LogP contribution >= 0.6 is 0 Å². The second-order valence-electron chi connectivity index (χ2n) is 16.1. The quantitative estimate of drug-likeness (QED) is 0.152. The van der Waals surface area contributed by atoms with Crippen LogP contribution in [0.4, 0.5) is 0 Å². The van der Waals surface area contributed by atoms with Gasteiger partial charge in [-0.3, -0.25) is 0 Å². The predicted octanol–water partition coefficient (Wildman–Crippen LogP) is 16.2. The van der Waals surface area contributed by atoms with Crippen molar-refractivity contribution in [2.45, 2.75) is 0 Å². The molecule has 10 aromatic carbocycles. The lowest BCUT2D eigenvalue weighted by molar-refractivity contribution is 1.18. The number of aromatic nitrogens is 2. The smallest absolute Gasteiger partial charge is 0.0553 e. The van der Waals surface area contributed by atoms with E-state index in [2.05, 4.69) is 252 Å². The Balaban J connectivity index is 1.08. The Hall–Kier alpha value is -8.20. The Morgan fingerprint density at radius 3 is 1.23 bits per heavy atom. The van der Waals surface area contributed by atoms with Gasteiger partial charge in [0.05, 0.1) is 22.1 Å². The maximum absolute atomic E-state index is 2.44. The molecule has 0 aliphatic rings. The normalized spacial score (nSPS) is 11.5. The molecule has 2 heterocycles. The van der Waals surface area contributed by atoms with Crippen molar-refractivity contribution in [3.63, 3.8) is 0 Å². The van der Waals surface area contributed by atoms with Gasteiger partial charge in [0.1, 0.15) is 0 Å². The summed E-state index contributed by atoms with van der Waals surface area (Å²) in [5.41, 5.74) is 19.0. The lowest BCUT2D eigenvalue weighted by atomic mass is 9.93. The average molecular weight is 789 g/mol. The van der Waals surface area contributed by atoms with Gasteiger partial charge in [0.25, 0.3) is 0 Å². The standard InChI is InChI=1S/C60H40N2/c1-6-18-41(19-7-1)47-34-48(42-20-8-2-9-21-42)36-51(35-47)62-56-29-17-16-28-52(56)54-37-45(30-32-57(54)62)46-31-33-58-55(38-46)60-53(44-24-12-4-13-25-44)39-49(43-22-10-3-11-23-43)40-59(60)61(58)50-26-14-5-15-27-50/h1-40H. The summed E-state index contributed by atoms with van der Waals surface area (Å²) in [6, 6.07) is 88.5. The van der Waals surface area contributed by atoms with Gasteiger partial charge in [-0.15, -0.1) is 0 Å². The minimum absolute atomic E-state index is 1.14. The number of nitrogens with zero attached hydrogens (tertiary/aromatic N) is 2. The first-order valence-electron chi connectivity index (χ1n) is 21.3. The number of para-hydroxylation sites is 2. The van der Waals surface area contributed by atoms with Gasteiger partial charge >= 0.3 is 0 Å². The molecule has 2 aromatic heterocycles. The topological polar surface area (TPSA) is 9.86 Å². The molecule has 0 spiro atoms. The third-order valence-corrected chi connectivity index (χ3v) is 12.5. The van der Waals surface area contributed by atoms with E-state index in [1.165, 1.54) is 99.2 Å². The molecule has 62 heavy (non-hydrogen) atoms. The molecule has 0 radical (unpaired) electrons. The largest absolute Gasteiger partial charge is 0.309 e. The van der Waals surface area contributed by atoms with E-state index in [0.29, 0.717) is 0 Å². The van der Waals surface area contributed by atoms with Crippen LogP contribution in [-0.2, 0) is 0 Å². The first kappa shape index (κ1) is 35.7. The van der Waals surface area contributed by atoms with E-state index in [-0.39, 0.29) is 0 Å². The second-order valence-corrected chi connectivity index (χ2v) is 16.1. The molecule has 0 bridgehead atoms. The van der Waals surface area contributed by atoms with Crippen molar-refractivity contribution in [2.24, 2.45) is 0 Å². The van der Waals surface area contributed by atoms with Crippen molar-refractivity contribution in [1.82, 2.24) is 9.13 Å². The summed E-state index contributed by atoms with van der Waals surface area (Å²) in [6.45, 7) is 0. The zero-order chi connectivity index (χ0) is 41.0. The zero-order valence-corrected chi connectivity index (χ0v) is 34.0. The molecule has 2 heteroatoms. The maximum Gasteiger partial charge on any atom is 0.0553 e. The number of hydrogen-bond donors (Lipinski definition) is 0. The average Bonchev–Trinajstić information content (AvgIpc) is 3.87. The van der Waals surface area contributed by atoms with Crippen LogP contribution in [0.3, 0.4) is 0 Å². The van der Waals surface area contributed by atoms with Gasteiger partial charge < -0.3 is 9.13 Å². The molecule has 0 unspecified atom stereocenters. The number of rotatable bonds is 7. The molecule has 290 valence electrons. The van der Waals surface area contributed by atoms with E-state index in [1.807, 2.05) is 0 Å². The van der Waals surface area contributed by atoms with E-state index in [4.69, 9.17) is 0 Å². The third kappa shape index (κ3) is 6.04. The van der Waals surface area contributed by atoms with E-state index >= 15 is 0 Å². The third-order valence-electron chi connectivity index (χ3n) is 12.5. The summed E-state index contributed by atoms with van der Waals surface area (Å²) in [5, 5.41) is 4.95. The molecular formula is C60H40N2. The molecule has 2 nitrogen and oxygen atoms in total. The van der Waals surface area contributed by atoms with Crippen LogP contribution in [-0.4, -0.2) is 9.13 Å². The lowest BCUT2D eigenvalue weighted by Crippen LogP contribution is -1.96. The Morgan fingerprint density at radius 2 is 0.645 bits per heavy atom. The van der Waals surface area contributed by atoms with Crippen molar-refractivity contribution < 1.29 is 0 Å². The number of fused-ring (bicyclic) bond motifs is 6. The summed E-state index contributed by atoms with van der Waals surface area (Å²) < 4.78 is 4.89. The first-order valence-corrected chi connectivity index (χ1v) is 21.3. The fourth-order valence-electron chi connectivity index (χ4n) is 9.59. The molecule has 0 atom stereocenters. The summed E-state index contributed by atoms with van der Waals surface area (Å²) >= 11 is 0. The fourth-order valence-corrected chi connectivity index (χ4v) is 9.59. The highest BCUT2D eigenvalue weighted by atomic mass is 15.0. The first-order chi connectivity index (χ1) is 30.7. The Morgan fingerprint density at radius 1 is 0.210 bits per heavy atom. The van der Waals surface area contributed by atoms with Crippen LogP contribution in [0.5, 0.6) is 0 Å². The minimum Gasteiger partial charge on any atom is -0.309 e. The maximum atomic E-state index is 2.44. The second kappa shape index (κ2) is 14.8. The number of benzene rings is 10. The van der Waals surface area contributed by atoms with Gasteiger partial charge in [-0.2, -0.15) is 0 Å². The van der Waals surface area contributed by atoms with Crippen molar-refractivity contribution in [3.05, 3.63) is 243 Å². The molecular weight excluding hydrogens is 749 g/mol. The van der Waals surface area contributed by atoms with Gasteiger partial charge in [-0.1, -0.05) is 170 Å². The van der Waals surface area contributed by atoms with Gasteiger partial charge in [0.2, 0.25) is 0 Å². The SMILES string of the molecule is c1ccc(-c2cc(-c3ccccc3)cc(-n3c4ccccc4c4cc(-c5ccc6c(c5)c5c(-c7ccccc7)cc(-c7ccccc7)cc5n6-c5ccccc5)ccc43)c2)cc1. The summed E-state index contributed by atoms with van der Waals surface area (Å²) in [4.78, 5) is 0. The Bertz CT molecular complexity index is 3530. The van der Waals surface area contributed by atoms with E-state index in [0.717, 1.165) is 11.4 Å². The van der Waals surface area contributed by atoms with Crippen LogP contribution in [0, 0.1) is 0 Å². The van der Waals surface area contributed by atoms with Crippen molar-refractivity contribution in [1.29, 1.82) is 0 Å². The highest BCUT2D eigenvalue weighted by Gasteiger charge is 2.20. The highest BCUT2D eigenvalue weighted by molar-refractivity contribution is 6.18. The molecule has 0 aliphatic heterocycles. The van der Waals surface area contributed by atoms with Gasteiger partial charge in [0, 0.05) is 32.9 Å². The molecule has 12 aromatic rings. The Labute approximate surface area is 360 Å². The van der Waals surface area contributed by atoms with Gasteiger partial charge in [0.15, 0.2) is 0 Å². The monoisotopic (exact) mass is 788 g/mol. The highest BCUT2D eigenvalue weighted by Crippen LogP contribution is 2.44.